The summed E-state index contributed by atoms with van der Waals surface area (Å²) >= 11 is 0. The summed E-state index contributed by atoms with van der Waals surface area (Å²) in [4.78, 5) is 0. The Morgan fingerprint density at radius 1 is 0.279 bits per heavy atom. The summed E-state index contributed by atoms with van der Waals surface area (Å²) in [6.45, 7) is 40.4. The molecule has 392 valence electrons. The van der Waals surface area contributed by atoms with Crippen molar-refractivity contribution in [2.75, 3.05) is 0 Å². The minimum atomic E-state index is 0.674. The van der Waals surface area contributed by atoms with Crippen molar-refractivity contribution in [2.45, 2.75) is 265 Å². The Hall–Kier alpha value is -3.44. The quantitative estimate of drug-likeness (QED) is 0.0444. The molecule has 0 saturated heterocycles. The molecule has 0 bridgehead atoms. The fourth-order valence-electron chi connectivity index (χ4n) is 7.89. The van der Waals surface area contributed by atoms with Crippen LogP contribution < -0.4 is 0 Å². The molecule has 0 unspecified atom stereocenters. The van der Waals surface area contributed by atoms with Gasteiger partial charge < -0.3 is 0 Å². The van der Waals surface area contributed by atoms with Crippen LogP contribution in [0.3, 0.4) is 0 Å². The van der Waals surface area contributed by atoms with Crippen LogP contribution in [0.2, 0.25) is 0 Å². The first-order valence-electron chi connectivity index (χ1n) is 27.9. The summed E-state index contributed by atoms with van der Waals surface area (Å²) in [6.07, 6.45) is 32.6. The van der Waals surface area contributed by atoms with Crippen molar-refractivity contribution in [3.63, 3.8) is 0 Å². The molecule has 0 spiro atoms. The Kier molecular flexibility index (Phi) is 35.3. The molecule has 0 fully saturated rings. The maximum atomic E-state index is 4.18. The lowest BCUT2D eigenvalue weighted by Crippen LogP contribution is -2.07. The molecule has 0 atom stereocenters. The van der Waals surface area contributed by atoms with E-state index in [0.717, 1.165) is 87.4 Å². The van der Waals surface area contributed by atoms with Crippen LogP contribution in [0.5, 0.6) is 0 Å². The van der Waals surface area contributed by atoms with Gasteiger partial charge >= 0.3 is 0 Å². The van der Waals surface area contributed by atoms with Gasteiger partial charge in [-0.25, -0.2) is 18.7 Å². The molecule has 4 rings (SSSR count). The zero-order valence-corrected chi connectivity index (χ0v) is 47.3. The van der Waals surface area contributed by atoms with Crippen molar-refractivity contribution < 1.29 is 0 Å². The summed E-state index contributed by atoms with van der Waals surface area (Å²) in [5, 5.41) is 32.8. The van der Waals surface area contributed by atoms with Crippen LogP contribution in [0.15, 0.2) is 24.8 Å². The van der Waals surface area contributed by atoms with Crippen LogP contribution in [0.4, 0.5) is 0 Å². The van der Waals surface area contributed by atoms with Crippen LogP contribution in [-0.4, -0.2) is 60.0 Å². The number of hydrogen-bond acceptors (Lipinski definition) is 8. The lowest BCUT2D eigenvalue weighted by atomic mass is 10.1. The van der Waals surface area contributed by atoms with E-state index in [1.54, 1.807) is 0 Å². The normalized spacial score (nSPS) is 11.6. The van der Waals surface area contributed by atoms with Crippen LogP contribution >= 0.6 is 0 Å². The highest BCUT2D eigenvalue weighted by Crippen LogP contribution is 2.15. The molecule has 12 nitrogen and oxygen atoms in total. The average molecular weight is 950 g/mol. The smallest absolute Gasteiger partial charge is 0.0725 e. The third kappa shape index (κ3) is 33.2. The second kappa shape index (κ2) is 38.3. The Morgan fingerprint density at radius 2 is 0.515 bits per heavy atom. The number of aromatic nitrogens is 12. The van der Waals surface area contributed by atoms with Gasteiger partial charge in [-0.2, -0.15) is 0 Å². The third-order valence-electron chi connectivity index (χ3n) is 12.1. The molecule has 0 aliphatic carbocycles. The van der Waals surface area contributed by atoms with E-state index in [1.165, 1.54) is 126 Å². The molecule has 12 heteroatoms. The van der Waals surface area contributed by atoms with Crippen LogP contribution in [0, 0.1) is 47.3 Å². The van der Waals surface area contributed by atoms with Crippen molar-refractivity contribution in [3.05, 3.63) is 47.6 Å². The minimum absolute atomic E-state index is 0.674. The average Bonchev–Trinajstić information content (AvgIpc) is 4.09. The number of unbranched alkanes of at least 4 members (excludes halogenated alkanes) is 6. The molecule has 0 amide bonds. The monoisotopic (exact) mass is 949 g/mol. The molecular weight excluding hydrogens is 841 g/mol. The molecule has 0 aliphatic rings. The van der Waals surface area contributed by atoms with Gasteiger partial charge in [0.15, 0.2) is 0 Å². The second-order valence-electron chi connectivity index (χ2n) is 23.1. The highest BCUT2D eigenvalue weighted by atomic mass is 15.4. The molecule has 0 aromatic carbocycles. The molecule has 4 aromatic heterocycles. The first kappa shape index (κ1) is 62.6. The Balaban J connectivity index is 0.000000453. The summed E-state index contributed by atoms with van der Waals surface area (Å²) in [5.74, 6) is 6.13. The molecule has 0 aliphatic heterocycles. The topological polar surface area (TPSA) is 123 Å². The van der Waals surface area contributed by atoms with Gasteiger partial charge in [0, 0.05) is 26.2 Å². The molecule has 4 heterocycles. The standard InChI is InChI=1S/4C14H27N3/c2*1-12(2)7-5-6-10-17-14(11-15-16-17)9-8-13(3)4;2*1-12(2)8-6-5-7-9-17-14(10-13(3)4)11-15-16-17/h4*11-13H,5-10H2,1-4H3. The molecule has 4 aromatic rings. The Bertz CT molecular complexity index is 1580. The Morgan fingerprint density at radius 3 is 0.779 bits per heavy atom. The Labute approximate surface area is 418 Å². The van der Waals surface area contributed by atoms with E-state index in [2.05, 4.69) is 171 Å². The van der Waals surface area contributed by atoms with Gasteiger partial charge in [0.05, 0.1) is 47.6 Å². The van der Waals surface area contributed by atoms with Gasteiger partial charge in [-0.3, -0.25) is 0 Å². The summed E-state index contributed by atoms with van der Waals surface area (Å²) in [7, 11) is 0. The lowest BCUT2D eigenvalue weighted by Gasteiger charge is -2.08. The summed E-state index contributed by atoms with van der Waals surface area (Å²) < 4.78 is 8.33. The van der Waals surface area contributed by atoms with E-state index < -0.39 is 0 Å². The van der Waals surface area contributed by atoms with Crippen molar-refractivity contribution >= 4 is 0 Å². The molecule has 68 heavy (non-hydrogen) atoms. The maximum absolute atomic E-state index is 4.18. The second-order valence-corrected chi connectivity index (χ2v) is 23.1. The van der Waals surface area contributed by atoms with Crippen molar-refractivity contribution in [1.82, 2.24) is 60.0 Å². The summed E-state index contributed by atoms with van der Waals surface area (Å²) in [5.41, 5.74) is 5.15. The molecule has 0 radical (unpaired) electrons. The predicted molar refractivity (Wildman–Crippen MR) is 287 cm³/mol. The van der Waals surface area contributed by atoms with Crippen molar-refractivity contribution in [1.29, 1.82) is 0 Å². The lowest BCUT2D eigenvalue weighted by molar-refractivity contribution is 0.470. The number of aryl methyl sites for hydroxylation is 6. The van der Waals surface area contributed by atoms with Crippen LogP contribution in [0.1, 0.15) is 236 Å². The van der Waals surface area contributed by atoms with E-state index in [1.807, 2.05) is 24.8 Å². The fraction of sp³-hybridized carbons (Fsp3) is 0.857. The number of nitrogens with zero attached hydrogens (tertiary/aromatic N) is 12. The number of rotatable bonds is 32. The van der Waals surface area contributed by atoms with Gasteiger partial charge in [0.2, 0.25) is 0 Å². The van der Waals surface area contributed by atoms with E-state index in [0.29, 0.717) is 11.8 Å². The zero-order chi connectivity index (χ0) is 50.7. The predicted octanol–water partition coefficient (Wildman–Crippen LogP) is 14.8. The first-order valence-corrected chi connectivity index (χ1v) is 27.9. The molecular formula is C56H108N12. The van der Waals surface area contributed by atoms with Gasteiger partial charge in [-0.05, 0) is 112 Å². The molecule has 0 saturated carbocycles. The van der Waals surface area contributed by atoms with Gasteiger partial charge in [-0.15, -0.1) is 20.4 Å². The minimum Gasteiger partial charge on any atom is -0.249 e. The zero-order valence-electron chi connectivity index (χ0n) is 47.3. The highest BCUT2D eigenvalue weighted by molar-refractivity contribution is 4.97. The van der Waals surface area contributed by atoms with Crippen LogP contribution in [-0.2, 0) is 51.9 Å². The van der Waals surface area contributed by atoms with Gasteiger partial charge in [0.25, 0.3) is 0 Å². The first-order chi connectivity index (χ1) is 32.4. The van der Waals surface area contributed by atoms with Gasteiger partial charge in [0.1, 0.15) is 0 Å². The van der Waals surface area contributed by atoms with Crippen LogP contribution in [0.25, 0.3) is 0 Å². The van der Waals surface area contributed by atoms with Crippen molar-refractivity contribution in [3.8, 4) is 0 Å². The van der Waals surface area contributed by atoms with Crippen molar-refractivity contribution in [2.24, 2.45) is 47.3 Å². The fourth-order valence-corrected chi connectivity index (χ4v) is 7.89. The third-order valence-corrected chi connectivity index (χ3v) is 12.1. The molecule has 0 N–H and O–H groups in total. The van der Waals surface area contributed by atoms with E-state index in [4.69, 9.17) is 0 Å². The van der Waals surface area contributed by atoms with Gasteiger partial charge in [-0.1, -0.05) is 196 Å². The number of hydrogen-bond donors (Lipinski definition) is 0. The maximum Gasteiger partial charge on any atom is 0.0725 e. The van der Waals surface area contributed by atoms with E-state index in [9.17, 15) is 0 Å². The SMILES string of the molecule is CC(C)CCCCCn1nncc1CC(C)C.CC(C)CCCCCn1nncc1CC(C)C.CC(C)CCCCn1nncc1CCC(C)C.CC(C)CCCCn1nncc1CCC(C)C. The summed E-state index contributed by atoms with van der Waals surface area (Å²) in [6, 6.07) is 0. The van der Waals surface area contributed by atoms with E-state index >= 15 is 0 Å². The highest BCUT2D eigenvalue weighted by Gasteiger charge is 2.09. The van der Waals surface area contributed by atoms with E-state index in [-0.39, 0.29) is 0 Å². The largest absolute Gasteiger partial charge is 0.249 e.